The molecule has 0 saturated heterocycles. The number of carbonyl (C=O) groups excluding carboxylic acids is 2. The van der Waals surface area contributed by atoms with E-state index in [0.717, 1.165) is 11.1 Å². The zero-order valence-electron chi connectivity index (χ0n) is 15.1. The Morgan fingerprint density at radius 3 is 2.32 bits per heavy atom. The van der Waals surface area contributed by atoms with Crippen molar-refractivity contribution in [3.8, 4) is 5.75 Å². The first-order chi connectivity index (χ1) is 11.9. The summed E-state index contributed by atoms with van der Waals surface area (Å²) in [4.78, 5) is 24.6. The average Bonchev–Trinajstić information content (AvgIpc) is 2.58. The van der Waals surface area contributed by atoms with Crippen LogP contribution in [0.5, 0.6) is 5.75 Å². The highest BCUT2D eigenvalue weighted by Gasteiger charge is 2.19. The van der Waals surface area contributed by atoms with Crippen LogP contribution >= 0.6 is 0 Å². The van der Waals surface area contributed by atoms with Gasteiger partial charge in [0.25, 0.3) is 11.8 Å². The largest absolute Gasteiger partial charge is 0.480 e. The molecule has 0 aliphatic heterocycles. The maximum Gasteiger partial charge on any atom is 0.265 e. The van der Waals surface area contributed by atoms with Gasteiger partial charge in [-0.25, -0.2) is 0 Å². The van der Waals surface area contributed by atoms with E-state index >= 15 is 0 Å². The van der Waals surface area contributed by atoms with Gasteiger partial charge in [-0.05, 0) is 51.0 Å². The number of hydrogen-bond donors (Lipinski definition) is 2. The molecular formula is C20H24N2O3. The van der Waals surface area contributed by atoms with Crippen molar-refractivity contribution in [1.82, 2.24) is 5.32 Å². The lowest BCUT2D eigenvalue weighted by Gasteiger charge is -2.18. The van der Waals surface area contributed by atoms with Crippen LogP contribution in [0.1, 0.15) is 35.3 Å². The van der Waals surface area contributed by atoms with Crippen molar-refractivity contribution in [2.45, 2.75) is 33.8 Å². The van der Waals surface area contributed by atoms with Gasteiger partial charge in [-0.15, -0.1) is 0 Å². The second-order valence-electron chi connectivity index (χ2n) is 5.88. The minimum atomic E-state index is -0.693. The Kier molecular flexibility index (Phi) is 6.17. The number of rotatable bonds is 6. The Labute approximate surface area is 148 Å². The summed E-state index contributed by atoms with van der Waals surface area (Å²) in [5.41, 5.74) is 2.84. The number of carbonyl (C=O) groups is 2. The van der Waals surface area contributed by atoms with Crippen LogP contribution in [0, 0.1) is 13.8 Å². The van der Waals surface area contributed by atoms with Gasteiger partial charge in [0.15, 0.2) is 6.10 Å². The Balaban J connectivity index is 2.13. The second kappa shape index (κ2) is 8.33. The minimum Gasteiger partial charge on any atom is -0.480 e. The number of ether oxygens (including phenoxy) is 1. The predicted octanol–water partition coefficient (Wildman–Crippen LogP) is 3.46. The van der Waals surface area contributed by atoms with Gasteiger partial charge >= 0.3 is 0 Å². The van der Waals surface area contributed by atoms with E-state index in [1.165, 1.54) is 0 Å². The number of hydrogen-bond acceptors (Lipinski definition) is 3. The van der Waals surface area contributed by atoms with E-state index in [1.54, 1.807) is 31.2 Å². The van der Waals surface area contributed by atoms with Gasteiger partial charge < -0.3 is 15.4 Å². The Morgan fingerprint density at radius 2 is 1.68 bits per heavy atom. The lowest BCUT2D eigenvalue weighted by Crippen LogP contribution is -2.32. The van der Waals surface area contributed by atoms with Crippen LogP contribution in [0.3, 0.4) is 0 Å². The van der Waals surface area contributed by atoms with Crippen molar-refractivity contribution in [1.29, 1.82) is 0 Å². The zero-order valence-corrected chi connectivity index (χ0v) is 15.1. The first-order valence-corrected chi connectivity index (χ1v) is 8.35. The molecular weight excluding hydrogens is 316 g/mol. The fourth-order valence-electron chi connectivity index (χ4n) is 2.50. The van der Waals surface area contributed by atoms with E-state index < -0.39 is 6.10 Å². The molecule has 2 aromatic rings. The molecule has 0 bridgehead atoms. The quantitative estimate of drug-likeness (QED) is 0.846. The molecule has 2 rings (SSSR count). The Bertz CT molecular complexity index is 751. The van der Waals surface area contributed by atoms with Crippen molar-refractivity contribution >= 4 is 17.5 Å². The first-order valence-electron chi connectivity index (χ1n) is 8.35. The van der Waals surface area contributed by atoms with Crippen LogP contribution in [-0.4, -0.2) is 24.5 Å². The van der Waals surface area contributed by atoms with Gasteiger partial charge in [0.05, 0.1) is 11.3 Å². The highest BCUT2D eigenvalue weighted by Crippen LogP contribution is 2.24. The molecule has 1 atom stereocenters. The van der Waals surface area contributed by atoms with Crippen LogP contribution < -0.4 is 15.4 Å². The second-order valence-corrected chi connectivity index (χ2v) is 5.88. The Morgan fingerprint density at radius 1 is 1.04 bits per heavy atom. The molecule has 0 aliphatic rings. The van der Waals surface area contributed by atoms with Crippen LogP contribution in [0.4, 0.5) is 5.69 Å². The fourth-order valence-corrected chi connectivity index (χ4v) is 2.50. The number of benzene rings is 2. The summed E-state index contributed by atoms with van der Waals surface area (Å²) < 4.78 is 5.85. The summed E-state index contributed by atoms with van der Waals surface area (Å²) >= 11 is 0. The van der Waals surface area contributed by atoms with Gasteiger partial charge in [0.2, 0.25) is 0 Å². The van der Waals surface area contributed by atoms with Crippen molar-refractivity contribution in [3.63, 3.8) is 0 Å². The summed E-state index contributed by atoms with van der Waals surface area (Å²) in [6, 6.07) is 12.7. The standard InChI is InChI=1S/C20H24N2O3/c1-5-21-20(24)16-11-6-7-12-17(16)22-19(23)15(4)25-18-13(2)9-8-10-14(18)3/h6-12,15H,5H2,1-4H3,(H,21,24)(H,22,23)/t15-/m1/s1. The molecule has 5 nitrogen and oxygen atoms in total. The van der Waals surface area contributed by atoms with Gasteiger partial charge in [-0.2, -0.15) is 0 Å². The van der Waals surface area contributed by atoms with Gasteiger partial charge in [-0.3, -0.25) is 9.59 Å². The number of amides is 2. The minimum absolute atomic E-state index is 0.221. The molecule has 0 radical (unpaired) electrons. The molecule has 5 heteroatoms. The number of nitrogens with one attached hydrogen (secondary N) is 2. The predicted molar refractivity (Wildman–Crippen MR) is 99.1 cm³/mol. The van der Waals surface area contributed by atoms with Crippen molar-refractivity contribution < 1.29 is 14.3 Å². The molecule has 2 aromatic carbocycles. The lowest BCUT2D eigenvalue weighted by molar-refractivity contribution is -0.122. The van der Waals surface area contributed by atoms with Crippen molar-refractivity contribution in [3.05, 3.63) is 59.2 Å². The van der Waals surface area contributed by atoms with Crippen molar-refractivity contribution in [2.24, 2.45) is 0 Å². The molecule has 0 aliphatic carbocycles. The summed E-state index contributed by atoms with van der Waals surface area (Å²) in [6.07, 6.45) is -0.693. The monoisotopic (exact) mass is 340 g/mol. The van der Waals surface area contributed by atoms with Crippen LogP contribution in [0.15, 0.2) is 42.5 Å². The zero-order chi connectivity index (χ0) is 18.4. The lowest BCUT2D eigenvalue weighted by atomic mass is 10.1. The molecule has 2 N–H and O–H groups in total. The van der Waals surface area contributed by atoms with E-state index in [2.05, 4.69) is 10.6 Å². The van der Waals surface area contributed by atoms with Crippen LogP contribution in [-0.2, 0) is 4.79 Å². The van der Waals surface area contributed by atoms with E-state index in [-0.39, 0.29) is 11.8 Å². The molecule has 2 amide bonds. The van der Waals surface area contributed by atoms with Gasteiger partial charge in [-0.1, -0.05) is 30.3 Å². The van der Waals surface area contributed by atoms with E-state index in [0.29, 0.717) is 23.5 Å². The smallest absolute Gasteiger partial charge is 0.265 e. The summed E-state index contributed by atoms with van der Waals surface area (Å²) in [5, 5.41) is 5.52. The molecule has 0 unspecified atom stereocenters. The van der Waals surface area contributed by atoms with Gasteiger partial charge in [0, 0.05) is 6.54 Å². The van der Waals surface area contributed by atoms with Gasteiger partial charge in [0.1, 0.15) is 5.75 Å². The normalized spacial score (nSPS) is 11.5. The summed E-state index contributed by atoms with van der Waals surface area (Å²) in [5.74, 6) is 0.184. The third-order valence-corrected chi connectivity index (χ3v) is 3.84. The number of para-hydroxylation sites is 2. The van der Waals surface area contributed by atoms with Crippen LogP contribution in [0.2, 0.25) is 0 Å². The number of aryl methyl sites for hydroxylation is 2. The highest BCUT2D eigenvalue weighted by molar-refractivity contribution is 6.04. The third kappa shape index (κ3) is 4.59. The van der Waals surface area contributed by atoms with E-state index in [9.17, 15) is 9.59 Å². The maximum absolute atomic E-state index is 12.5. The van der Waals surface area contributed by atoms with E-state index in [1.807, 2.05) is 39.0 Å². The summed E-state index contributed by atoms with van der Waals surface area (Å²) in [6.45, 7) is 7.94. The molecule has 0 aromatic heterocycles. The highest BCUT2D eigenvalue weighted by atomic mass is 16.5. The maximum atomic E-state index is 12.5. The molecule has 25 heavy (non-hydrogen) atoms. The average molecular weight is 340 g/mol. The van der Waals surface area contributed by atoms with E-state index in [4.69, 9.17) is 4.74 Å². The first kappa shape index (κ1) is 18.5. The third-order valence-electron chi connectivity index (χ3n) is 3.84. The van der Waals surface area contributed by atoms with Crippen LogP contribution in [0.25, 0.3) is 0 Å². The number of anilines is 1. The molecule has 0 spiro atoms. The fraction of sp³-hybridized carbons (Fsp3) is 0.300. The SMILES string of the molecule is CCNC(=O)c1ccccc1NC(=O)[C@@H](C)Oc1c(C)cccc1C. The molecule has 0 fully saturated rings. The molecule has 0 heterocycles. The molecule has 0 saturated carbocycles. The van der Waals surface area contributed by atoms with Crippen molar-refractivity contribution in [2.75, 3.05) is 11.9 Å². The Hall–Kier alpha value is -2.82. The summed E-state index contributed by atoms with van der Waals surface area (Å²) in [7, 11) is 0. The molecule has 132 valence electrons. The topological polar surface area (TPSA) is 67.4 Å².